The molecule has 0 bridgehead atoms. The number of Topliss-reactive ketones (excluding diaryl/α,β-unsaturated/α-hetero) is 1. The van der Waals surface area contributed by atoms with Gasteiger partial charge in [-0.25, -0.2) is 4.98 Å². The number of aromatic amines is 1. The van der Waals surface area contributed by atoms with Gasteiger partial charge >= 0.3 is 0 Å². The predicted molar refractivity (Wildman–Crippen MR) is 68.2 cm³/mol. The molecule has 6 heteroatoms. The monoisotopic (exact) mass is 299 g/mol. The number of H-pyrrole nitrogens is 1. The van der Waals surface area contributed by atoms with Gasteiger partial charge in [0.15, 0.2) is 0 Å². The Kier molecular flexibility index (Phi) is 3.61. The Morgan fingerprint density at radius 2 is 2.41 bits per heavy atom. The van der Waals surface area contributed by atoms with Crippen LogP contribution in [0, 0.1) is 5.92 Å². The van der Waals surface area contributed by atoms with E-state index in [1.54, 1.807) is 6.92 Å². The number of carbonyl (C=O) groups is 1. The molecule has 1 aromatic rings. The van der Waals surface area contributed by atoms with Crippen LogP contribution < -0.4 is 10.5 Å². The fraction of sp³-hybridized carbons (Fsp3) is 0.545. The molecule has 0 aromatic carbocycles. The summed E-state index contributed by atoms with van der Waals surface area (Å²) >= 11 is 3.24. The van der Waals surface area contributed by atoms with E-state index in [0.717, 1.165) is 19.4 Å². The van der Waals surface area contributed by atoms with Crippen LogP contribution in [0.2, 0.25) is 0 Å². The van der Waals surface area contributed by atoms with Gasteiger partial charge in [-0.2, -0.15) is 0 Å². The van der Waals surface area contributed by atoms with Gasteiger partial charge in [0.25, 0.3) is 5.56 Å². The van der Waals surface area contributed by atoms with Crippen LogP contribution in [-0.4, -0.2) is 28.8 Å². The average molecular weight is 300 g/mol. The SMILES string of the molecule is CC(=O)C1CCCN(c2nc[nH]c(=O)c2Br)C1. The summed E-state index contributed by atoms with van der Waals surface area (Å²) in [4.78, 5) is 31.5. The van der Waals surface area contributed by atoms with Crippen molar-refractivity contribution in [1.29, 1.82) is 0 Å². The first-order valence-corrected chi connectivity index (χ1v) is 6.37. The molecule has 1 unspecified atom stereocenters. The Balaban J connectivity index is 2.25. The third-order valence-electron chi connectivity index (χ3n) is 3.07. The van der Waals surface area contributed by atoms with Crippen molar-refractivity contribution in [2.75, 3.05) is 18.0 Å². The number of hydrogen-bond acceptors (Lipinski definition) is 4. The highest BCUT2D eigenvalue weighted by Gasteiger charge is 2.25. The molecule has 92 valence electrons. The van der Waals surface area contributed by atoms with Crippen LogP contribution in [0.5, 0.6) is 0 Å². The maximum Gasteiger partial charge on any atom is 0.267 e. The minimum Gasteiger partial charge on any atom is -0.355 e. The minimum atomic E-state index is -0.194. The molecule has 2 rings (SSSR count). The number of nitrogens with one attached hydrogen (secondary N) is 1. The lowest BCUT2D eigenvalue weighted by atomic mass is 9.95. The summed E-state index contributed by atoms with van der Waals surface area (Å²) in [5, 5.41) is 0. The van der Waals surface area contributed by atoms with Crippen LogP contribution in [0.25, 0.3) is 0 Å². The second-order valence-corrected chi connectivity index (χ2v) is 5.06. The molecule has 17 heavy (non-hydrogen) atoms. The smallest absolute Gasteiger partial charge is 0.267 e. The largest absolute Gasteiger partial charge is 0.355 e. The first kappa shape index (κ1) is 12.3. The molecule has 1 atom stereocenters. The molecule has 1 aromatic heterocycles. The standard InChI is InChI=1S/C11H14BrN3O2/c1-7(16)8-3-2-4-15(5-8)10-9(12)11(17)14-6-13-10/h6,8H,2-5H2,1H3,(H,13,14,17). The number of rotatable bonds is 2. The summed E-state index contributed by atoms with van der Waals surface area (Å²) in [6.07, 6.45) is 3.26. The van der Waals surface area contributed by atoms with E-state index in [0.29, 0.717) is 16.8 Å². The van der Waals surface area contributed by atoms with Gasteiger partial charge in [-0.3, -0.25) is 9.59 Å². The predicted octanol–water partition coefficient (Wildman–Crippen LogP) is 1.34. The number of halogens is 1. The molecule has 2 heterocycles. The van der Waals surface area contributed by atoms with Gasteiger partial charge in [-0.05, 0) is 35.7 Å². The Morgan fingerprint density at radius 1 is 1.65 bits per heavy atom. The van der Waals surface area contributed by atoms with Gasteiger partial charge in [0, 0.05) is 19.0 Å². The number of carbonyl (C=O) groups excluding carboxylic acids is 1. The first-order valence-electron chi connectivity index (χ1n) is 5.58. The van der Waals surface area contributed by atoms with Crippen molar-refractivity contribution in [2.45, 2.75) is 19.8 Å². The summed E-state index contributed by atoms with van der Waals surface area (Å²) in [5.41, 5.74) is -0.194. The van der Waals surface area contributed by atoms with E-state index in [9.17, 15) is 9.59 Å². The Bertz CT molecular complexity index is 486. The minimum absolute atomic E-state index is 0.0525. The van der Waals surface area contributed by atoms with Gasteiger partial charge in [0.2, 0.25) is 0 Å². The highest BCUT2D eigenvalue weighted by atomic mass is 79.9. The molecule has 0 aliphatic carbocycles. The van der Waals surface area contributed by atoms with Crippen LogP contribution in [0.15, 0.2) is 15.6 Å². The number of piperidine rings is 1. The van der Waals surface area contributed by atoms with Crippen LogP contribution in [0.3, 0.4) is 0 Å². The van der Waals surface area contributed by atoms with Gasteiger partial charge in [0.1, 0.15) is 16.1 Å². The number of aromatic nitrogens is 2. The molecule has 1 fully saturated rings. The third-order valence-corrected chi connectivity index (χ3v) is 3.79. The summed E-state index contributed by atoms with van der Waals surface area (Å²) in [6.45, 7) is 3.09. The summed E-state index contributed by atoms with van der Waals surface area (Å²) in [5.74, 6) is 0.882. The highest BCUT2D eigenvalue weighted by Crippen LogP contribution is 2.25. The van der Waals surface area contributed by atoms with E-state index in [1.807, 2.05) is 4.90 Å². The normalized spacial score (nSPS) is 20.4. The van der Waals surface area contributed by atoms with E-state index < -0.39 is 0 Å². The van der Waals surface area contributed by atoms with Crippen molar-refractivity contribution in [3.05, 3.63) is 21.2 Å². The number of anilines is 1. The van der Waals surface area contributed by atoms with E-state index in [4.69, 9.17) is 0 Å². The zero-order chi connectivity index (χ0) is 12.4. The first-order chi connectivity index (χ1) is 8.09. The van der Waals surface area contributed by atoms with Crippen molar-refractivity contribution in [2.24, 2.45) is 5.92 Å². The van der Waals surface area contributed by atoms with Crippen LogP contribution in [0.4, 0.5) is 5.82 Å². The molecule has 0 amide bonds. The molecular weight excluding hydrogens is 286 g/mol. The van der Waals surface area contributed by atoms with Crippen molar-refractivity contribution in [1.82, 2.24) is 9.97 Å². The maximum atomic E-state index is 11.5. The van der Waals surface area contributed by atoms with Crippen LogP contribution in [-0.2, 0) is 4.79 Å². The lowest BCUT2D eigenvalue weighted by Gasteiger charge is -2.32. The van der Waals surface area contributed by atoms with Gasteiger partial charge < -0.3 is 9.88 Å². The molecular formula is C11H14BrN3O2. The third kappa shape index (κ3) is 2.57. The van der Waals surface area contributed by atoms with Crippen LogP contribution >= 0.6 is 15.9 Å². The van der Waals surface area contributed by atoms with Crippen molar-refractivity contribution >= 4 is 27.5 Å². The van der Waals surface area contributed by atoms with E-state index >= 15 is 0 Å². The Labute approximate surface area is 107 Å². The molecule has 0 saturated carbocycles. The zero-order valence-corrected chi connectivity index (χ0v) is 11.2. The average Bonchev–Trinajstić information content (AvgIpc) is 2.33. The molecule has 5 nitrogen and oxygen atoms in total. The van der Waals surface area contributed by atoms with Gasteiger partial charge in [-0.1, -0.05) is 0 Å². The number of ketones is 1. The van der Waals surface area contributed by atoms with Crippen molar-refractivity contribution in [3.8, 4) is 0 Å². The van der Waals surface area contributed by atoms with E-state index in [1.165, 1.54) is 6.33 Å². The molecule has 0 spiro atoms. The number of nitrogens with zero attached hydrogens (tertiary/aromatic N) is 2. The molecule has 1 N–H and O–H groups in total. The summed E-state index contributed by atoms with van der Waals surface area (Å²) < 4.78 is 0.434. The fourth-order valence-electron chi connectivity index (χ4n) is 2.10. The molecule has 1 saturated heterocycles. The van der Waals surface area contributed by atoms with E-state index in [-0.39, 0.29) is 17.3 Å². The second-order valence-electron chi connectivity index (χ2n) is 4.27. The summed E-state index contributed by atoms with van der Waals surface area (Å²) in [7, 11) is 0. The number of hydrogen-bond donors (Lipinski definition) is 1. The Hall–Kier alpha value is -1.17. The lowest BCUT2D eigenvalue weighted by Crippen LogP contribution is -2.39. The second kappa shape index (κ2) is 5.00. The highest BCUT2D eigenvalue weighted by molar-refractivity contribution is 9.10. The molecule has 1 aliphatic rings. The fourth-order valence-corrected chi connectivity index (χ4v) is 2.56. The molecule has 1 aliphatic heterocycles. The van der Waals surface area contributed by atoms with E-state index in [2.05, 4.69) is 25.9 Å². The maximum absolute atomic E-state index is 11.5. The van der Waals surface area contributed by atoms with Gasteiger partial charge in [0.05, 0.1) is 6.33 Å². The van der Waals surface area contributed by atoms with Crippen LogP contribution in [0.1, 0.15) is 19.8 Å². The zero-order valence-electron chi connectivity index (χ0n) is 9.57. The molecule has 0 radical (unpaired) electrons. The quantitative estimate of drug-likeness (QED) is 0.895. The lowest BCUT2D eigenvalue weighted by molar-refractivity contribution is -0.120. The summed E-state index contributed by atoms with van der Waals surface area (Å²) in [6, 6.07) is 0. The van der Waals surface area contributed by atoms with Gasteiger partial charge in [-0.15, -0.1) is 0 Å². The Morgan fingerprint density at radius 3 is 3.12 bits per heavy atom. The van der Waals surface area contributed by atoms with Crippen molar-refractivity contribution < 1.29 is 4.79 Å². The van der Waals surface area contributed by atoms with Crippen molar-refractivity contribution in [3.63, 3.8) is 0 Å². The topological polar surface area (TPSA) is 66.1 Å².